The lowest BCUT2D eigenvalue weighted by molar-refractivity contribution is -0.133. The Balaban J connectivity index is 0.00000182. The number of hydrogen-bond acceptors (Lipinski definition) is 3. The van der Waals surface area contributed by atoms with E-state index in [-0.39, 0.29) is 36.4 Å². The lowest BCUT2D eigenvalue weighted by Gasteiger charge is -2.37. The molecule has 0 saturated carbocycles. The largest absolute Gasteiger partial charge is 0.366 e. The Hall–Kier alpha value is -1.89. The fourth-order valence-corrected chi connectivity index (χ4v) is 3.01. The van der Waals surface area contributed by atoms with Crippen LogP contribution in [0.25, 0.3) is 0 Å². The molecule has 3 rings (SSSR count). The molecule has 0 bridgehead atoms. The maximum atomic E-state index is 13.9. The van der Waals surface area contributed by atoms with E-state index in [2.05, 4.69) is 0 Å². The van der Waals surface area contributed by atoms with Crippen LogP contribution < -0.4 is 10.6 Å². The van der Waals surface area contributed by atoms with E-state index in [1.54, 1.807) is 9.80 Å². The highest BCUT2D eigenvalue weighted by atomic mass is 35.5. The maximum absolute atomic E-state index is 13.9. The molecule has 148 valence electrons. The van der Waals surface area contributed by atoms with E-state index in [9.17, 15) is 13.6 Å². The molecular weight excluding hydrogens is 395 g/mol. The monoisotopic (exact) mass is 417 g/mol. The van der Waals surface area contributed by atoms with Crippen LogP contribution in [0.3, 0.4) is 0 Å². The SMILES string of the molecule is Cc1ccc(C(N)C(=O)N2CCN(c3cc(F)ccc3F)CC2)cc1.Cl.Cl. The number of piperazine rings is 1. The first-order valence-corrected chi connectivity index (χ1v) is 8.26. The molecule has 8 heteroatoms. The van der Waals surface area contributed by atoms with Gasteiger partial charge in [0.05, 0.1) is 5.69 Å². The molecule has 1 atom stereocenters. The van der Waals surface area contributed by atoms with Crippen molar-refractivity contribution in [3.63, 3.8) is 0 Å². The van der Waals surface area contributed by atoms with Crippen molar-refractivity contribution in [2.75, 3.05) is 31.1 Å². The minimum Gasteiger partial charge on any atom is -0.366 e. The minimum absolute atomic E-state index is 0. The predicted octanol–water partition coefficient (Wildman–Crippen LogP) is 3.47. The van der Waals surface area contributed by atoms with Crippen molar-refractivity contribution in [2.45, 2.75) is 13.0 Å². The molecular formula is C19H23Cl2F2N3O. The summed E-state index contributed by atoms with van der Waals surface area (Å²) in [6, 6.07) is 10.3. The van der Waals surface area contributed by atoms with Crippen LogP contribution in [0.2, 0.25) is 0 Å². The third-order valence-electron chi connectivity index (χ3n) is 4.54. The summed E-state index contributed by atoms with van der Waals surface area (Å²) in [7, 11) is 0. The molecule has 1 aliphatic heterocycles. The Morgan fingerprint density at radius 2 is 1.59 bits per heavy atom. The van der Waals surface area contributed by atoms with Crippen LogP contribution in [0.1, 0.15) is 17.2 Å². The van der Waals surface area contributed by atoms with Crippen LogP contribution in [-0.4, -0.2) is 37.0 Å². The summed E-state index contributed by atoms with van der Waals surface area (Å²) in [4.78, 5) is 16.0. The van der Waals surface area contributed by atoms with Crippen molar-refractivity contribution in [3.8, 4) is 0 Å². The van der Waals surface area contributed by atoms with Crippen molar-refractivity contribution in [1.82, 2.24) is 4.90 Å². The number of benzene rings is 2. The normalized spacial score (nSPS) is 14.8. The summed E-state index contributed by atoms with van der Waals surface area (Å²) >= 11 is 0. The Labute approximate surface area is 170 Å². The minimum atomic E-state index is -0.710. The number of amides is 1. The van der Waals surface area contributed by atoms with Gasteiger partial charge in [0, 0.05) is 32.2 Å². The zero-order chi connectivity index (χ0) is 18.0. The van der Waals surface area contributed by atoms with E-state index >= 15 is 0 Å². The number of rotatable bonds is 3. The molecule has 0 aliphatic carbocycles. The van der Waals surface area contributed by atoms with Gasteiger partial charge in [-0.1, -0.05) is 29.8 Å². The third kappa shape index (κ3) is 5.31. The molecule has 0 radical (unpaired) electrons. The molecule has 1 heterocycles. The van der Waals surface area contributed by atoms with Gasteiger partial charge in [-0.05, 0) is 24.6 Å². The van der Waals surface area contributed by atoms with Gasteiger partial charge in [-0.15, -0.1) is 24.8 Å². The van der Waals surface area contributed by atoms with E-state index < -0.39 is 17.7 Å². The summed E-state index contributed by atoms with van der Waals surface area (Å²) in [5.74, 6) is -1.09. The molecule has 1 saturated heterocycles. The molecule has 0 spiro atoms. The van der Waals surface area contributed by atoms with Gasteiger partial charge < -0.3 is 15.5 Å². The summed E-state index contributed by atoms with van der Waals surface area (Å²) in [6.07, 6.45) is 0. The number of aryl methyl sites for hydroxylation is 1. The van der Waals surface area contributed by atoms with E-state index in [4.69, 9.17) is 5.73 Å². The predicted molar refractivity (Wildman–Crippen MR) is 108 cm³/mol. The van der Waals surface area contributed by atoms with Crippen molar-refractivity contribution >= 4 is 36.4 Å². The zero-order valence-corrected chi connectivity index (χ0v) is 16.5. The molecule has 0 aromatic heterocycles. The molecule has 4 nitrogen and oxygen atoms in total. The molecule has 1 unspecified atom stereocenters. The van der Waals surface area contributed by atoms with E-state index in [1.165, 1.54) is 6.07 Å². The van der Waals surface area contributed by atoms with Gasteiger partial charge in [0.1, 0.15) is 17.7 Å². The number of nitrogens with zero attached hydrogens (tertiary/aromatic N) is 2. The highest BCUT2D eigenvalue weighted by molar-refractivity contribution is 5.85. The number of hydrogen-bond donors (Lipinski definition) is 1. The quantitative estimate of drug-likeness (QED) is 0.831. The first-order chi connectivity index (χ1) is 12.0. The number of carbonyl (C=O) groups is 1. The van der Waals surface area contributed by atoms with Gasteiger partial charge in [-0.3, -0.25) is 4.79 Å². The molecule has 1 fully saturated rings. The second kappa shape index (κ2) is 9.88. The summed E-state index contributed by atoms with van der Waals surface area (Å²) in [5, 5.41) is 0. The van der Waals surface area contributed by atoms with Crippen LogP contribution in [0.5, 0.6) is 0 Å². The van der Waals surface area contributed by atoms with Crippen molar-refractivity contribution < 1.29 is 13.6 Å². The van der Waals surface area contributed by atoms with Crippen LogP contribution >= 0.6 is 24.8 Å². The topological polar surface area (TPSA) is 49.6 Å². The Morgan fingerprint density at radius 1 is 1.00 bits per heavy atom. The highest BCUT2D eigenvalue weighted by Crippen LogP contribution is 2.23. The molecule has 27 heavy (non-hydrogen) atoms. The van der Waals surface area contributed by atoms with Crippen LogP contribution in [0.15, 0.2) is 42.5 Å². The molecule has 2 aromatic rings. The fourth-order valence-electron chi connectivity index (χ4n) is 3.01. The molecule has 1 amide bonds. The molecule has 2 aromatic carbocycles. The van der Waals surface area contributed by atoms with E-state index in [1.807, 2.05) is 31.2 Å². The first kappa shape index (κ1) is 23.1. The smallest absolute Gasteiger partial charge is 0.244 e. The lowest BCUT2D eigenvalue weighted by atomic mass is 10.0. The first-order valence-electron chi connectivity index (χ1n) is 8.26. The standard InChI is InChI=1S/C19H21F2N3O.2ClH/c1-13-2-4-14(5-3-13)18(22)19(25)24-10-8-23(9-11-24)17-12-15(20)6-7-16(17)21;;/h2-7,12,18H,8-11,22H2,1H3;2*1H. The van der Waals surface area contributed by atoms with Gasteiger partial charge >= 0.3 is 0 Å². The van der Waals surface area contributed by atoms with E-state index in [0.29, 0.717) is 26.2 Å². The number of nitrogens with two attached hydrogens (primary N) is 1. The van der Waals surface area contributed by atoms with Gasteiger partial charge in [-0.2, -0.15) is 0 Å². The second-order valence-corrected chi connectivity index (χ2v) is 6.30. The number of halogens is 4. The number of anilines is 1. The Kier molecular flexibility index (Phi) is 8.47. The molecule has 1 aliphatic rings. The van der Waals surface area contributed by atoms with Crippen molar-refractivity contribution in [3.05, 3.63) is 65.2 Å². The van der Waals surface area contributed by atoms with Crippen LogP contribution in [0, 0.1) is 18.6 Å². The number of carbonyl (C=O) groups excluding carboxylic acids is 1. The summed E-state index contributed by atoms with van der Waals surface area (Å²) < 4.78 is 27.2. The zero-order valence-electron chi connectivity index (χ0n) is 14.9. The van der Waals surface area contributed by atoms with Gasteiger partial charge in [0.25, 0.3) is 0 Å². The average Bonchev–Trinajstić information content (AvgIpc) is 2.63. The van der Waals surface area contributed by atoms with Gasteiger partial charge in [-0.25, -0.2) is 8.78 Å². The van der Waals surface area contributed by atoms with Gasteiger partial charge in [0.15, 0.2) is 0 Å². The second-order valence-electron chi connectivity index (χ2n) is 6.30. The lowest BCUT2D eigenvalue weighted by Crippen LogP contribution is -2.51. The fraction of sp³-hybridized carbons (Fsp3) is 0.316. The third-order valence-corrected chi connectivity index (χ3v) is 4.54. The molecule has 2 N–H and O–H groups in total. The average molecular weight is 418 g/mol. The maximum Gasteiger partial charge on any atom is 0.244 e. The van der Waals surface area contributed by atoms with Crippen LogP contribution in [0.4, 0.5) is 14.5 Å². The van der Waals surface area contributed by atoms with Crippen molar-refractivity contribution in [1.29, 1.82) is 0 Å². The summed E-state index contributed by atoms with van der Waals surface area (Å²) in [6.45, 7) is 3.70. The van der Waals surface area contributed by atoms with E-state index in [0.717, 1.165) is 23.3 Å². The van der Waals surface area contributed by atoms with Gasteiger partial charge in [0.2, 0.25) is 5.91 Å². The Bertz CT molecular complexity index is 766. The summed E-state index contributed by atoms with van der Waals surface area (Å²) in [5.41, 5.74) is 8.20. The highest BCUT2D eigenvalue weighted by Gasteiger charge is 2.27. The Morgan fingerprint density at radius 3 is 2.19 bits per heavy atom. The van der Waals surface area contributed by atoms with Crippen LogP contribution in [-0.2, 0) is 4.79 Å². The van der Waals surface area contributed by atoms with Crippen molar-refractivity contribution in [2.24, 2.45) is 5.73 Å².